The molecule has 1 unspecified atom stereocenters. The lowest BCUT2D eigenvalue weighted by atomic mass is 10.0. The summed E-state index contributed by atoms with van der Waals surface area (Å²) in [5.74, 6) is -0.0142. The smallest absolute Gasteiger partial charge is 0.253 e. The molecule has 4 nitrogen and oxygen atoms in total. The Balaban J connectivity index is 2.76. The van der Waals surface area contributed by atoms with Crippen LogP contribution in [0, 0.1) is 0 Å². The summed E-state index contributed by atoms with van der Waals surface area (Å²) in [6.07, 6.45) is 0.896. The fraction of sp³-hybridized carbons (Fsp3) is 0.500. The van der Waals surface area contributed by atoms with Gasteiger partial charge in [-0.15, -0.1) is 0 Å². The second-order valence-electron chi connectivity index (χ2n) is 4.56. The first-order chi connectivity index (χ1) is 8.56. The summed E-state index contributed by atoms with van der Waals surface area (Å²) >= 11 is 0. The Labute approximate surface area is 108 Å². The molecule has 1 atom stereocenters. The number of rotatable bonds is 6. The zero-order valence-corrected chi connectivity index (χ0v) is 11.1. The first kappa shape index (κ1) is 14.7. The van der Waals surface area contributed by atoms with Crippen molar-refractivity contribution < 1.29 is 9.90 Å². The lowest BCUT2D eigenvalue weighted by Gasteiger charge is -2.19. The number of nitrogens with zero attached hydrogens (tertiary/aromatic N) is 1. The van der Waals surface area contributed by atoms with Crippen LogP contribution >= 0.6 is 0 Å². The highest BCUT2D eigenvalue weighted by molar-refractivity contribution is 5.95. The second-order valence-corrected chi connectivity index (χ2v) is 4.56. The van der Waals surface area contributed by atoms with Crippen molar-refractivity contribution in [1.82, 2.24) is 4.90 Å². The molecule has 1 rings (SSSR count). The minimum Gasteiger partial charge on any atom is -0.393 e. The number of carbonyl (C=O) groups is 1. The minimum atomic E-state index is -0.389. The molecule has 3 N–H and O–H groups in total. The van der Waals surface area contributed by atoms with E-state index in [2.05, 4.69) is 0 Å². The molecule has 1 aromatic rings. The lowest BCUT2D eigenvalue weighted by Crippen LogP contribution is -2.30. The van der Waals surface area contributed by atoms with Gasteiger partial charge in [-0.25, -0.2) is 0 Å². The zero-order chi connectivity index (χ0) is 13.5. The molecule has 0 saturated carbocycles. The summed E-state index contributed by atoms with van der Waals surface area (Å²) < 4.78 is 0. The number of hydrogen-bond acceptors (Lipinski definition) is 3. The zero-order valence-electron chi connectivity index (χ0n) is 11.1. The van der Waals surface area contributed by atoms with Gasteiger partial charge in [0, 0.05) is 19.2 Å². The van der Waals surface area contributed by atoms with E-state index >= 15 is 0 Å². The summed E-state index contributed by atoms with van der Waals surface area (Å²) in [7, 11) is 1.75. The van der Waals surface area contributed by atoms with E-state index in [9.17, 15) is 9.90 Å². The molecule has 0 radical (unpaired) electrons. The fourth-order valence-electron chi connectivity index (χ4n) is 1.79. The SMILES string of the molecule is CC(O)CCN(C)C(=O)c1ccccc1CCN. The Morgan fingerprint density at radius 3 is 2.72 bits per heavy atom. The molecular formula is C14H22N2O2. The van der Waals surface area contributed by atoms with Gasteiger partial charge < -0.3 is 15.7 Å². The second kappa shape index (κ2) is 7.13. The van der Waals surface area contributed by atoms with E-state index < -0.39 is 0 Å². The minimum absolute atomic E-state index is 0.0142. The third-order valence-corrected chi connectivity index (χ3v) is 2.89. The van der Waals surface area contributed by atoms with Crippen LogP contribution < -0.4 is 5.73 Å². The van der Waals surface area contributed by atoms with Crippen molar-refractivity contribution in [3.8, 4) is 0 Å². The van der Waals surface area contributed by atoms with Gasteiger partial charge >= 0.3 is 0 Å². The number of benzene rings is 1. The van der Waals surface area contributed by atoms with Crippen molar-refractivity contribution >= 4 is 5.91 Å². The van der Waals surface area contributed by atoms with Gasteiger partial charge in [0.25, 0.3) is 5.91 Å². The van der Waals surface area contributed by atoms with E-state index in [1.54, 1.807) is 18.9 Å². The van der Waals surface area contributed by atoms with Gasteiger partial charge in [0.2, 0.25) is 0 Å². The predicted octanol–water partition coefficient (Wildman–Crippen LogP) is 1.03. The monoisotopic (exact) mass is 250 g/mol. The molecule has 0 fully saturated rings. The van der Waals surface area contributed by atoms with Gasteiger partial charge in [-0.1, -0.05) is 18.2 Å². The summed E-state index contributed by atoms with van der Waals surface area (Å²) in [4.78, 5) is 13.9. The van der Waals surface area contributed by atoms with Crippen LogP contribution in [0.2, 0.25) is 0 Å². The third kappa shape index (κ3) is 4.13. The Bertz CT molecular complexity index is 391. The van der Waals surface area contributed by atoms with E-state index in [1.165, 1.54) is 0 Å². The van der Waals surface area contributed by atoms with E-state index in [-0.39, 0.29) is 12.0 Å². The van der Waals surface area contributed by atoms with Gasteiger partial charge in [-0.05, 0) is 37.9 Å². The fourth-order valence-corrected chi connectivity index (χ4v) is 1.79. The number of hydrogen-bond donors (Lipinski definition) is 2. The molecule has 0 saturated heterocycles. The van der Waals surface area contributed by atoms with Crippen LogP contribution in [-0.4, -0.2) is 42.2 Å². The Morgan fingerprint density at radius 1 is 1.44 bits per heavy atom. The first-order valence-corrected chi connectivity index (χ1v) is 6.27. The molecule has 0 aliphatic heterocycles. The molecular weight excluding hydrogens is 228 g/mol. The lowest BCUT2D eigenvalue weighted by molar-refractivity contribution is 0.0768. The molecule has 0 aliphatic carbocycles. The Hall–Kier alpha value is -1.39. The molecule has 18 heavy (non-hydrogen) atoms. The molecule has 4 heteroatoms. The van der Waals surface area contributed by atoms with Crippen LogP contribution in [0.3, 0.4) is 0 Å². The highest BCUT2D eigenvalue weighted by Gasteiger charge is 2.15. The van der Waals surface area contributed by atoms with Crippen LogP contribution in [0.5, 0.6) is 0 Å². The number of carbonyl (C=O) groups excluding carboxylic acids is 1. The maximum absolute atomic E-state index is 12.3. The van der Waals surface area contributed by atoms with Crippen LogP contribution in [0.25, 0.3) is 0 Å². The van der Waals surface area contributed by atoms with Crippen LogP contribution in [0.4, 0.5) is 0 Å². The van der Waals surface area contributed by atoms with Crippen molar-refractivity contribution in [3.05, 3.63) is 35.4 Å². The summed E-state index contributed by atoms with van der Waals surface area (Å²) in [5.41, 5.74) is 7.23. The molecule has 0 heterocycles. The van der Waals surface area contributed by atoms with E-state index in [0.29, 0.717) is 31.5 Å². The van der Waals surface area contributed by atoms with Crippen molar-refractivity contribution in [1.29, 1.82) is 0 Å². The van der Waals surface area contributed by atoms with Crippen LogP contribution in [0.15, 0.2) is 24.3 Å². The topological polar surface area (TPSA) is 66.6 Å². The molecule has 0 aromatic heterocycles. The third-order valence-electron chi connectivity index (χ3n) is 2.89. The molecule has 0 aliphatic rings. The largest absolute Gasteiger partial charge is 0.393 e. The van der Waals surface area contributed by atoms with Crippen molar-refractivity contribution in [2.24, 2.45) is 5.73 Å². The standard InChI is InChI=1S/C14H22N2O2/c1-11(17)8-10-16(2)14(18)13-6-4-3-5-12(13)7-9-15/h3-6,11,17H,7-10,15H2,1-2H3. The normalized spacial score (nSPS) is 12.2. The number of nitrogens with two attached hydrogens (primary N) is 1. The highest BCUT2D eigenvalue weighted by atomic mass is 16.3. The molecule has 1 aromatic carbocycles. The van der Waals surface area contributed by atoms with E-state index in [0.717, 1.165) is 5.56 Å². The molecule has 100 valence electrons. The number of amides is 1. The first-order valence-electron chi connectivity index (χ1n) is 6.27. The summed E-state index contributed by atoms with van der Waals surface area (Å²) in [5, 5.41) is 9.24. The quantitative estimate of drug-likeness (QED) is 0.792. The van der Waals surface area contributed by atoms with Crippen molar-refractivity contribution in [2.75, 3.05) is 20.1 Å². The van der Waals surface area contributed by atoms with Crippen molar-refractivity contribution in [2.45, 2.75) is 25.9 Å². The maximum Gasteiger partial charge on any atom is 0.253 e. The van der Waals surface area contributed by atoms with Gasteiger partial charge in [0.05, 0.1) is 6.10 Å². The number of aliphatic hydroxyl groups excluding tert-OH is 1. The molecule has 0 bridgehead atoms. The Morgan fingerprint density at radius 2 is 2.11 bits per heavy atom. The van der Waals surface area contributed by atoms with Gasteiger partial charge in [0.1, 0.15) is 0 Å². The summed E-state index contributed by atoms with van der Waals surface area (Å²) in [6.45, 7) is 2.80. The highest BCUT2D eigenvalue weighted by Crippen LogP contribution is 2.12. The average Bonchev–Trinajstić information content (AvgIpc) is 2.36. The molecule has 0 spiro atoms. The van der Waals surface area contributed by atoms with E-state index in [4.69, 9.17) is 5.73 Å². The van der Waals surface area contributed by atoms with Gasteiger partial charge in [-0.2, -0.15) is 0 Å². The van der Waals surface area contributed by atoms with Gasteiger partial charge in [-0.3, -0.25) is 4.79 Å². The molecule has 1 amide bonds. The van der Waals surface area contributed by atoms with Gasteiger partial charge in [0.15, 0.2) is 0 Å². The van der Waals surface area contributed by atoms with Crippen LogP contribution in [0.1, 0.15) is 29.3 Å². The Kier molecular flexibility index (Phi) is 5.82. The maximum atomic E-state index is 12.3. The van der Waals surface area contributed by atoms with Crippen molar-refractivity contribution in [3.63, 3.8) is 0 Å². The van der Waals surface area contributed by atoms with Crippen LogP contribution in [-0.2, 0) is 6.42 Å². The van der Waals surface area contributed by atoms with E-state index in [1.807, 2.05) is 24.3 Å². The average molecular weight is 250 g/mol. The summed E-state index contributed by atoms with van der Waals surface area (Å²) in [6, 6.07) is 7.53. The number of aliphatic hydroxyl groups is 1. The predicted molar refractivity (Wildman–Crippen MR) is 72.5 cm³/mol.